The summed E-state index contributed by atoms with van der Waals surface area (Å²) < 4.78 is 11.6. The third-order valence-corrected chi connectivity index (χ3v) is 5.78. The minimum Gasteiger partial charge on any atom is -0.496 e. The van der Waals surface area contributed by atoms with E-state index in [4.69, 9.17) is 9.47 Å². The van der Waals surface area contributed by atoms with Crippen LogP contribution >= 0.6 is 0 Å². The molecule has 0 saturated carbocycles. The Balaban J connectivity index is 1.90. The van der Waals surface area contributed by atoms with E-state index >= 15 is 0 Å². The van der Waals surface area contributed by atoms with Crippen LogP contribution in [0.25, 0.3) is 10.9 Å². The quantitative estimate of drug-likeness (QED) is 0.672. The molecular weight excluding hydrogens is 348 g/mol. The number of aryl methyl sites for hydroxylation is 1. The van der Waals surface area contributed by atoms with Gasteiger partial charge in [-0.25, -0.2) is 0 Å². The standard InChI is InChI=1S/C24H30N2O2/c1-14-7-8-19-16(11-14)15-9-10-25-22(23(15)26-19)17-12-21(28-6)18(24(2,3)4)13-20(17)27-5/h7-8,11-13,22,25-26H,9-10H2,1-6H3. The molecule has 3 aromatic rings. The van der Waals surface area contributed by atoms with Crippen LogP contribution in [0.4, 0.5) is 0 Å². The lowest BCUT2D eigenvalue weighted by Crippen LogP contribution is -2.31. The molecule has 148 valence electrons. The van der Waals surface area contributed by atoms with Gasteiger partial charge in [-0.1, -0.05) is 32.4 Å². The molecule has 0 aliphatic carbocycles. The van der Waals surface area contributed by atoms with Gasteiger partial charge in [0, 0.05) is 34.3 Å². The van der Waals surface area contributed by atoms with Gasteiger partial charge < -0.3 is 19.8 Å². The van der Waals surface area contributed by atoms with Crippen molar-refractivity contribution in [3.05, 3.63) is 58.3 Å². The molecule has 1 aromatic heterocycles. The molecule has 2 aromatic carbocycles. The van der Waals surface area contributed by atoms with E-state index in [9.17, 15) is 0 Å². The minimum absolute atomic E-state index is 0.0268. The van der Waals surface area contributed by atoms with E-state index in [1.165, 1.54) is 27.7 Å². The van der Waals surface area contributed by atoms with Gasteiger partial charge in [-0.3, -0.25) is 0 Å². The van der Waals surface area contributed by atoms with Crippen molar-refractivity contribution < 1.29 is 9.47 Å². The van der Waals surface area contributed by atoms with Crippen LogP contribution in [0.3, 0.4) is 0 Å². The number of nitrogens with one attached hydrogen (secondary N) is 2. The highest BCUT2D eigenvalue weighted by Crippen LogP contribution is 2.42. The van der Waals surface area contributed by atoms with Crippen molar-refractivity contribution in [3.8, 4) is 11.5 Å². The van der Waals surface area contributed by atoms with E-state index in [0.717, 1.165) is 35.6 Å². The Morgan fingerprint density at radius 3 is 2.43 bits per heavy atom. The lowest BCUT2D eigenvalue weighted by atomic mass is 9.84. The number of aromatic amines is 1. The molecule has 0 fully saturated rings. The number of hydrogen-bond donors (Lipinski definition) is 2. The van der Waals surface area contributed by atoms with E-state index in [0.29, 0.717) is 0 Å². The number of rotatable bonds is 3. The van der Waals surface area contributed by atoms with Crippen LogP contribution in [0.1, 0.15) is 54.8 Å². The zero-order chi connectivity index (χ0) is 20.1. The molecule has 1 unspecified atom stereocenters. The van der Waals surface area contributed by atoms with Crippen LogP contribution in [-0.4, -0.2) is 25.7 Å². The maximum atomic E-state index is 5.83. The van der Waals surface area contributed by atoms with Gasteiger partial charge in [-0.05, 0) is 48.6 Å². The van der Waals surface area contributed by atoms with Crippen LogP contribution < -0.4 is 14.8 Å². The predicted octanol–water partition coefficient (Wildman–Crippen LogP) is 5.03. The summed E-state index contributed by atoms with van der Waals surface area (Å²) in [6.07, 6.45) is 1.02. The fourth-order valence-corrected chi connectivity index (χ4v) is 4.34. The van der Waals surface area contributed by atoms with E-state index in [2.05, 4.69) is 68.3 Å². The van der Waals surface area contributed by atoms with Gasteiger partial charge in [0.05, 0.1) is 20.3 Å². The Hall–Kier alpha value is -2.46. The highest BCUT2D eigenvalue weighted by Gasteiger charge is 2.30. The summed E-state index contributed by atoms with van der Waals surface area (Å²) in [6.45, 7) is 9.67. The first kappa shape index (κ1) is 18.9. The van der Waals surface area contributed by atoms with Crippen LogP contribution in [-0.2, 0) is 11.8 Å². The van der Waals surface area contributed by atoms with Crippen molar-refractivity contribution >= 4 is 10.9 Å². The molecule has 2 heterocycles. The summed E-state index contributed by atoms with van der Waals surface area (Å²) in [7, 11) is 3.49. The van der Waals surface area contributed by atoms with Crippen LogP contribution in [0, 0.1) is 6.92 Å². The Morgan fingerprint density at radius 1 is 1.00 bits per heavy atom. The topological polar surface area (TPSA) is 46.3 Å². The molecule has 4 nitrogen and oxygen atoms in total. The second kappa shape index (κ2) is 6.85. The number of aromatic nitrogens is 1. The molecule has 1 aliphatic rings. The van der Waals surface area contributed by atoms with Gasteiger partial charge in [0.1, 0.15) is 11.5 Å². The molecule has 0 bridgehead atoms. The second-order valence-electron chi connectivity index (χ2n) is 8.75. The number of methoxy groups -OCH3 is 2. The SMILES string of the molecule is COc1cc(C(C)(C)C)c(OC)cc1C1NCCc2c1[nH]c1ccc(C)cc21. The maximum Gasteiger partial charge on any atom is 0.124 e. The highest BCUT2D eigenvalue weighted by atomic mass is 16.5. The third-order valence-electron chi connectivity index (χ3n) is 5.78. The molecule has 0 saturated heterocycles. The monoisotopic (exact) mass is 378 g/mol. The summed E-state index contributed by atoms with van der Waals surface area (Å²) in [6, 6.07) is 11.0. The number of ether oxygens (including phenoxy) is 2. The zero-order valence-corrected chi connectivity index (χ0v) is 17.7. The molecule has 28 heavy (non-hydrogen) atoms. The summed E-state index contributed by atoms with van der Waals surface area (Å²) in [5.74, 6) is 1.80. The highest BCUT2D eigenvalue weighted by molar-refractivity contribution is 5.86. The average Bonchev–Trinajstić information content (AvgIpc) is 3.04. The number of fused-ring (bicyclic) bond motifs is 3. The molecule has 4 heteroatoms. The van der Waals surface area contributed by atoms with E-state index in [1.54, 1.807) is 14.2 Å². The van der Waals surface area contributed by atoms with Crippen molar-refractivity contribution in [2.24, 2.45) is 0 Å². The third kappa shape index (κ3) is 3.06. The van der Waals surface area contributed by atoms with Gasteiger partial charge in [-0.2, -0.15) is 0 Å². The van der Waals surface area contributed by atoms with Gasteiger partial charge in [0.2, 0.25) is 0 Å². The molecule has 2 N–H and O–H groups in total. The average molecular weight is 379 g/mol. The molecule has 0 amide bonds. The molecule has 0 radical (unpaired) electrons. The summed E-state index contributed by atoms with van der Waals surface area (Å²) >= 11 is 0. The Morgan fingerprint density at radius 2 is 1.75 bits per heavy atom. The summed E-state index contributed by atoms with van der Waals surface area (Å²) in [5, 5.41) is 5.02. The largest absolute Gasteiger partial charge is 0.496 e. The lowest BCUT2D eigenvalue weighted by Gasteiger charge is -2.29. The second-order valence-corrected chi connectivity index (χ2v) is 8.75. The first-order valence-corrected chi connectivity index (χ1v) is 9.94. The smallest absolute Gasteiger partial charge is 0.124 e. The molecule has 1 atom stereocenters. The fraction of sp³-hybridized carbons (Fsp3) is 0.417. The molecule has 4 rings (SSSR count). The van der Waals surface area contributed by atoms with Crippen LogP contribution in [0.15, 0.2) is 30.3 Å². The van der Waals surface area contributed by atoms with Gasteiger partial charge in [0.15, 0.2) is 0 Å². The first-order valence-electron chi connectivity index (χ1n) is 9.94. The summed E-state index contributed by atoms with van der Waals surface area (Å²) in [4.78, 5) is 3.67. The van der Waals surface area contributed by atoms with Crippen molar-refractivity contribution in [3.63, 3.8) is 0 Å². The van der Waals surface area contributed by atoms with Gasteiger partial charge in [-0.15, -0.1) is 0 Å². The van der Waals surface area contributed by atoms with Gasteiger partial charge >= 0.3 is 0 Å². The Bertz CT molecular complexity index is 1030. The van der Waals surface area contributed by atoms with E-state index in [1.807, 2.05) is 0 Å². The van der Waals surface area contributed by atoms with Crippen molar-refractivity contribution in [2.45, 2.75) is 45.6 Å². The van der Waals surface area contributed by atoms with Crippen LogP contribution in [0.2, 0.25) is 0 Å². The number of benzene rings is 2. The Kier molecular flexibility index (Phi) is 4.62. The van der Waals surface area contributed by atoms with E-state index < -0.39 is 0 Å². The minimum atomic E-state index is -0.0268. The number of H-pyrrole nitrogens is 1. The first-order chi connectivity index (χ1) is 13.3. The van der Waals surface area contributed by atoms with Crippen LogP contribution in [0.5, 0.6) is 11.5 Å². The maximum absolute atomic E-state index is 5.83. The van der Waals surface area contributed by atoms with E-state index in [-0.39, 0.29) is 11.5 Å². The normalized spacial score (nSPS) is 16.9. The summed E-state index contributed by atoms with van der Waals surface area (Å²) in [5.41, 5.74) is 7.36. The van der Waals surface area contributed by atoms with Crippen molar-refractivity contribution in [1.82, 2.24) is 10.3 Å². The molecular formula is C24H30N2O2. The van der Waals surface area contributed by atoms with Crippen molar-refractivity contribution in [1.29, 1.82) is 0 Å². The number of hydrogen-bond acceptors (Lipinski definition) is 3. The Labute approximate surface area is 167 Å². The van der Waals surface area contributed by atoms with Gasteiger partial charge in [0.25, 0.3) is 0 Å². The zero-order valence-electron chi connectivity index (χ0n) is 17.7. The lowest BCUT2D eigenvalue weighted by molar-refractivity contribution is 0.380. The molecule has 1 aliphatic heterocycles. The molecule has 0 spiro atoms. The fourth-order valence-electron chi connectivity index (χ4n) is 4.34. The predicted molar refractivity (Wildman–Crippen MR) is 115 cm³/mol. The van der Waals surface area contributed by atoms with Crippen molar-refractivity contribution in [2.75, 3.05) is 20.8 Å².